The lowest BCUT2D eigenvalue weighted by atomic mass is 9.81. The normalized spacial score (nSPS) is 24.1. The minimum Gasteiger partial charge on any atom is -0.481 e. The van der Waals surface area contributed by atoms with Gasteiger partial charge in [-0.3, -0.25) is 9.59 Å². The van der Waals surface area contributed by atoms with Crippen LogP contribution >= 0.6 is 11.3 Å². The van der Waals surface area contributed by atoms with Crippen molar-refractivity contribution in [1.29, 1.82) is 0 Å². The zero-order valence-electron chi connectivity index (χ0n) is 11.9. The van der Waals surface area contributed by atoms with E-state index in [1.807, 2.05) is 26.0 Å². The van der Waals surface area contributed by atoms with E-state index in [-0.39, 0.29) is 23.8 Å². The fourth-order valence-electron chi connectivity index (χ4n) is 2.74. The zero-order valence-corrected chi connectivity index (χ0v) is 12.7. The first-order valence-electron chi connectivity index (χ1n) is 7.07. The second-order valence-electron chi connectivity index (χ2n) is 5.58. The van der Waals surface area contributed by atoms with Crippen LogP contribution in [0.5, 0.6) is 0 Å². The highest BCUT2D eigenvalue weighted by atomic mass is 32.1. The summed E-state index contributed by atoms with van der Waals surface area (Å²) in [4.78, 5) is 25.7. The van der Waals surface area contributed by atoms with Crippen molar-refractivity contribution in [2.75, 3.05) is 0 Å². The Morgan fingerprint density at radius 1 is 1.35 bits per heavy atom. The fraction of sp³-hybridized carbons (Fsp3) is 0.600. The van der Waals surface area contributed by atoms with Crippen LogP contribution in [0.4, 0.5) is 0 Å². The highest BCUT2D eigenvalue weighted by molar-refractivity contribution is 7.12. The Hall–Kier alpha value is -1.36. The van der Waals surface area contributed by atoms with E-state index < -0.39 is 5.97 Å². The van der Waals surface area contributed by atoms with E-state index >= 15 is 0 Å². The highest BCUT2D eigenvalue weighted by Gasteiger charge is 2.31. The molecule has 0 spiro atoms. The highest BCUT2D eigenvalue weighted by Crippen LogP contribution is 2.30. The molecule has 1 aliphatic rings. The Morgan fingerprint density at radius 3 is 2.65 bits per heavy atom. The van der Waals surface area contributed by atoms with Crippen molar-refractivity contribution >= 4 is 23.2 Å². The molecule has 4 nitrogen and oxygen atoms in total. The summed E-state index contributed by atoms with van der Waals surface area (Å²) in [6.07, 6.45) is 2.78. The number of aryl methyl sites for hydroxylation is 1. The summed E-state index contributed by atoms with van der Waals surface area (Å²) < 4.78 is 0. The van der Waals surface area contributed by atoms with Crippen LogP contribution in [0.15, 0.2) is 12.1 Å². The first-order valence-corrected chi connectivity index (χ1v) is 7.88. The van der Waals surface area contributed by atoms with Crippen molar-refractivity contribution in [3.63, 3.8) is 0 Å². The summed E-state index contributed by atoms with van der Waals surface area (Å²) in [6.45, 7) is 4.02. The van der Waals surface area contributed by atoms with Crippen LogP contribution in [-0.4, -0.2) is 17.0 Å². The molecular formula is C15H21NO3S. The number of carbonyl (C=O) groups is 2. The van der Waals surface area contributed by atoms with E-state index in [0.29, 0.717) is 12.8 Å². The molecule has 0 bridgehead atoms. The molecule has 1 saturated carbocycles. The Labute approximate surface area is 123 Å². The minimum atomic E-state index is -0.774. The number of rotatable bonds is 4. The third-order valence-electron chi connectivity index (χ3n) is 3.94. The third-order valence-corrected chi connectivity index (χ3v) is 5.12. The Balaban J connectivity index is 1.92. The molecule has 0 aromatic carbocycles. The Morgan fingerprint density at radius 2 is 2.05 bits per heavy atom. The second kappa shape index (κ2) is 6.39. The molecule has 1 aromatic rings. The molecule has 5 heteroatoms. The first kappa shape index (κ1) is 15.0. The summed E-state index contributed by atoms with van der Waals surface area (Å²) in [5.41, 5.74) is 0. The van der Waals surface area contributed by atoms with Crippen molar-refractivity contribution in [2.24, 2.45) is 11.8 Å². The van der Waals surface area contributed by atoms with Crippen LogP contribution in [0.25, 0.3) is 0 Å². The van der Waals surface area contributed by atoms with E-state index in [1.165, 1.54) is 4.88 Å². The van der Waals surface area contributed by atoms with Crippen molar-refractivity contribution in [2.45, 2.75) is 45.6 Å². The van der Waals surface area contributed by atoms with E-state index in [0.717, 1.165) is 17.7 Å². The van der Waals surface area contributed by atoms with Crippen LogP contribution < -0.4 is 5.32 Å². The zero-order chi connectivity index (χ0) is 14.7. The first-order chi connectivity index (χ1) is 9.47. The van der Waals surface area contributed by atoms with Crippen LogP contribution in [-0.2, 0) is 9.59 Å². The van der Waals surface area contributed by atoms with Crippen LogP contribution in [0.3, 0.4) is 0 Å². The smallest absolute Gasteiger partial charge is 0.306 e. The van der Waals surface area contributed by atoms with Crippen molar-refractivity contribution in [3.8, 4) is 0 Å². The molecule has 1 aliphatic carbocycles. The van der Waals surface area contributed by atoms with Gasteiger partial charge >= 0.3 is 5.97 Å². The lowest BCUT2D eigenvalue weighted by molar-refractivity contribution is -0.144. The minimum absolute atomic E-state index is 0.00509. The number of hydrogen-bond acceptors (Lipinski definition) is 3. The van der Waals surface area contributed by atoms with Gasteiger partial charge in [-0.2, -0.15) is 0 Å². The molecule has 2 rings (SSSR count). The van der Waals surface area contributed by atoms with Gasteiger partial charge in [0.1, 0.15) is 0 Å². The summed E-state index contributed by atoms with van der Waals surface area (Å²) in [5, 5.41) is 12.1. The molecule has 1 aromatic heterocycles. The second-order valence-corrected chi connectivity index (χ2v) is 6.90. The van der Waals surface area contributed by atoms with Gasteiger partial charge in [0.25, 0.3) is 0 Å². The number of carboxylic acid groups (broad SMARTS) is 1. The molecule has 0 saturated heterocycles. The fourth-order valence-corrected chi connectivity index (χ4v) is 3.62. The number of amides is 1. The predicted molar refractivity (Wildman–Crippen MR) is 78.7 cm³/mol. The summed E-state index contributed by atoms with van der Waals surface area (Å²) >= 11 is 1.68. The molecule has 2 N–H and O–H groups in total. The SMILES string of the molecule is Cc1ccc(C(C)NC(=O)[C@@H]2CCC[C@H](C(=O)O)C2)s1. The van der Waals surface area contributed by atoms with Crippen LogP contribution in [0, 0.1) is 18.8 Å². The van der Waals surface area contributed by atoms with Gasteiger partial charge in [0.2, 0.25) is 5.91 Å². The Bertz CT molecular complexity index is 497. The van der Waals surface area contributed by atoms with Gasteiger partial charge in [-0.1, -0.05) is 6.42 Å². The topological polar surface area (TPSA) is 66.4 Å². The number of carboxylic acids is 1. The van der Waals surface area contributed by atoms with Gasteiger partial charge in [0.05, 0.1) is 12.0 Å². The average Bonchev–Trinajstić information content (AvgIpc) is 2.85. The lowest BCUT2D eigenvalue weighted by Crippen LogP contribution is -2.36. The molecule has 0 aliphatic heterocycles. The largest absolute Gasteiger partial charge is 0.481 e. The lowest BCUT2D eigenvalue weighted by Gasteiger charge is -2.26. The molecule has 1 fully saturated rings. The maximum Gasteiger partial charge on any atom is 0.306 e. The molecule has 1 unspecified atom stereocenters. The summed E-state index contributed by atoms with van der Waals surface area (Å²) in [5.74, 6) is -1.30. The van der Waals surface area contributed by atoms with E-state index in [9.17, 15) is 9.59 Å². The van der Waals surface area contributed by atoms with Gasteiger partial charge in [0.15, 0.2) is 0 Å². The third kappa shape index (κ3) is 3.60. The summed E-state index contributed by atoms with van der Waals surface area (Å²) in [7, 11) is 0. The molecule has 0 radical (unpaired) electrons. The van der Waals surface area contributed by atoms with Gasteiger partial charge in [0, 0.05) is 15.7 Å². The standard InChI is InChI=1S/C15H21NO3S/c1-9-6-7-13(20-9)10(2)16-14(17)11-4-3-5-12(8-11)15(18)19/h6-7,10-12H,3-5,8H2,1-2H3,(H,16,17)(H,18,19)/t10?,11-,12+/m1/s1. The van der Waals surface area contributed by atoms with Gasteiger partial charge in [-0.25, -0.2) is 0 Å². The molecule has 1 amide bonds. The maximum absolute atomic E-state index is 12.3. The molecular weight excluding hydrogens is 274 g/mol. The average molecular weight is 295 g/mol. The van der Waals surface area contributed by atoms with E-state index in [1.54, 1.807) is 11.3 Å². The van der Waals surface area contributed by atoms with Crippen molar-refractivity contribution < 1.29 is 14.7 Å². The number of thiophene rings is 1. The van der Waals surface area contributed by atoms with Gasteiger partial charge in [-0.15, -0.1) is 11.3 Å². The molecule has 110 valence electrons. The Kier molecular flexibility index (Phi) is 4.81. The molecule has 1 heterocycles. The monoisotopic (exact) mass is 295 g/mol. The van der Waals surface area contributed by atoms with Crippen molar-refractivity contribution in [3.05, 3.63) is 21.9 Å². The quantitative estimate of drug-likeness (QED) is 0.897. The maximum atomic E-state index is 12.3. The van der Waals surface area contributed by atoms with E-state index in [2.05, 4.69) is 5.32 Å². The summed E-state index contributed by atoms with van der Waals surface area (Å²) in [6, 6.07) is 4.07. The van der Waals surface area contributed by atoms with Crippen LogP contribution in [0.1, 0.15) is 48.4 Å². The number of hydrogen-bond donors (Lipinski definition) is 2. The van der Waals surface area contributed by atoms with E-state index in [4.69, 9.17) is 5.11 Å². The molecule has 20 heavy (non-hydrogen) atoms. The molecule has 3 atom stereocenters. The van der Waals surface area contributed by atoms with Gasteiger partial charge < -0.3 is 10.4 Å². The number of nitrogens with one attached hydrogen (secondary N) is 1. The predicted octanol–water partition coefficient (Wildman–Crippen LogP) is 3.12. The number of carbonyl (C=O) groups excluding carboxylic acids is 1. The van der Waals surface area contributed by atoms with Crippen LogP contribution in [0.2, 0.25) is 0 Å². The van der Waals surface area contributed by atoms with Gasteiger partial charge in [-0.05, 0) is 45.2 Å². The number of aliphatic carboxylic acids is 1. The van der Waals surface area contributed by atoms with Crippen molar-refractivity contribution in [1.82, 2.24) is 5.32 Å².